The smallest absolute Gasteiger partial charge is 0.0505 e. The van der Waals surface area contributed by atoms with Crippen LogP contribution < -0.4 is 0 Å². The second-order valence-corrected chi connectivity index (χ2v) is 7.22. The lowest BCUT2D eigenvalue weighted by atomic mass is 10.1. The van der Waals surface area contributed by atoms with E-state index in [1.54, 1.807) is 0 Å². The molecular formula is C20H22Cl2N2. The van der Waals surface area contributed by atoms with E-state index in [0.29, 0.717) is 6.54 Å². The van der Waals surface area contributed by atoms with Crippen molar-refractivity contribution in [2.75, 3.05) is 20.6 Å². The summed E-state index contributed by atoms with van der Waals surface area (Å²) in [5.41, 5.74) is 3.59. The summed E-state index contributed by atoms with van der Waals surface area (Å²) in [5.74, 6) is 0. The Morgan fingerprint density at radius 1 is 0.958 bits per heavy atom. The molecule has 1 heterocycles. The highest BCUT2D eigenvalue weighted by atomic mass is 35.5. The Bertz CT molecular complexity index is 817. The molecule has 2 nitrogen and oxygen atoms in total. The van der Waals surface area contributed by atoms with Crippen LogP contribution in [0, 0.1) is 0 Å². The minimum atomic E-state index is 0.687. The predicted molar refractivity (Wildman–Crippen MR) is 104 cm³/mol. The van der Waals surface area contributed by atoms with Crippen LogP contribution in [0.25, 0.3) is 10.9 Å². The lowest BCUT2D eigenvalue weighted by molar-refractivity contribution is 0.400. The topological polar surface area (TPSA) is 8.17 Å². The molecule has 24 heavy (non-hydrogen) atoms. The molecule has 0 radical (unpaired) electrons. The first-order chi connectivity index (χ1) is 11.6. The number of aromatic nitrogens is 1. The molecule has 0 bridgehead atoms. The maximum absolute atomic E-state index is 6.35. The van der Waals surface area contributed by atoms with Crippen LogP contribution in [0.5, 0.6) is 0 Å². The van der Waals surface area contributed by atoms with Gasteiger partial charge >= 0.3 is 0 Å². The number of nitrogens with zero attached hydrogens (tertiary/aromatic N) is 2. The third kappa shape index (κ3) is 3.77. The Labute approximate surface area is 153 Å². The number of para-hydroxylation sites is 1. The van der Waals surface area contributed by atoms with Gasteiger partial charge in [-0.05, 0) is 57.2 Å². The zero-order chi connectivity index (χ0) is 17.1. The molecule has 0 aliphatic carbocycles. The fourth-order valence-electron chi connectivity index (χ4n) is 3.09. The lowest BCUT2D eigenvalue weighted by Crippen LogP contribution is -2.13. The molecule has 0 aliphatic rings. The van der Waals surface area contributed by atoms with Gasteiger partial charge in [-0.2, -0.15) is 0 Å². The van der Waals surface area contributed by atoms with E-state index in [2.05, 4.69) is 54.0 Å². The van der Waals surface area contributed by atoms with E-state index in [0.717, 1.165) is 35.0 Å². The number of aryl methyl sites for hydroxylation is 1. The second kappa shape index (κ2) is 7.60. The minimum Gasteiger partial charge on any atom is -0.343 e. The summed E-state index contributed by atoms with van der Waals surface area (Å²) in [6, 6.07) is 14.2. The fourth-order valence-corrected chi connectivity index (χ4v) is 3.61. The Kier molecular flexibility index (Phi) is 5.50. The first-order valence-electron chi connectivity index (χ1n) is 8.20. The van der Waals surface area contributed by atoms with Gasteiger partial charge in [-0.1, -0.05) is 47.5 Å². The van der Waals surface area contributed by atoms with Crippen molar-refractivity contribution in [2.24, 2.45) is 0 Å². The number of hydrogen-bond acceptors (Lipinski definition) is 1. The lowest BCUT2D eigenvalue weighted by Gasteiger charge is -2.09. The Morgan fingerprint density at radius 3 is 2.38 bits per heavy atom. The summed E-state index contributed by atoms with van der Waals surface area (Å²) >= 11 is 12.7. The van der Waals surface area contributed by atoms with Gasteiger partial charge in [0, 0.05) is 32.7 Å². The first kappa shape index (κ1) is 17.3. The van der Waals surface area contributed by atoms with Crippen LogP contribution in [-0.4, -0.2) is 30.1 Å². The molecule has 0 spiro atoms. The van der Waals surface area contributed by atoms with Crippen molar-refractivity contribution in [1.29, 1.82) is 0 Å². The van der Waals surface area contributed by atoms with E-state index in [1.807, 2.05) is 18.2 Å². The number of halogens is 2. The Hall–Kier alpha value is -1.48. The first-order valence-corrected chi connectivity index (χ1v) is 8.96. The fraction of sp³-hybridized carbons (Fsp3) is 0.300. The summed E-state index contributed by atoms with van der Waals surface area (Å²) in [7, 11) is 4.23. The summed E-state index contributed by atoms with van der Waals surface area (Å²) in [6.45, 7) is 1.78. The monoisotopic (exact) mass is 360 g/mol. The van der Waals surface area contributed by atoms with Gasteiger partial charge < -0.3 is 9.47 Å². The number of fused-ring (bicyclic) bond motifs is 1. The summed E-state index contributed by atoms with van der Waals surface area (Å²) in [4.78, 5) is 2.22. The van der Waals surface area contributed by atoms with Gasteiger partial charge in [-0.3, -0.25) is 0 Å². The highest BCUT2D eigenvalue weighted by molar-refractivity contribution is 6.36. The van der Waals surface area contributed by atoms with E-state index in [-0.39, 0.29) is 0 Å². The Balaban J connectivity index is 1.93. The van der Waals surface area contributed by atoms with Crippen LogP contribution in [-0.2, 0) is 13.0 Å². The normalized spacial score (nSPS) is 11.5. The van der Waals surface area contributed by atoms with E-state index < -0.39 is 0 Å². The zero-order valence-electron chi connectivity index (χ0n) is 14.1. The molecule has 0 aliphatic heterocycles. The molecular weight excluding hydrogens is 339 g/mol. The van der Waals surface area contributed by atoms with Crippen LogP contribution in [0.15, 0.2) is 48.7 Å². The van der Waals surface area contributed by atoms with Crippen LogP contribution in [0.2, 0.25) is 10.0 Å². The molecule has 0 atom stereocenters. The van der Waals surface area contributed by atoms with E-state index >= 15 is 0 Å². The molecule has 0 saturated heterocycles. The van der Waals surface area contributed by atoms with E-state index in [1.165, 1.54) is 16.5 Å². The summed E-state index contributed by atoms with van der Waals surface area (Å²) in [6.07, 6.45) is 4.47. The van der Waals surface area contributed by atoms with Gasteiger partial charge in [0.2, 0.25) is 0 Å². The van der Waals surface area contributed by atoms with Crippen molar-refractivity contribution in [1.82, 2.24) is 9.47 Å². The van der Waals surface area contributed by atoms with Gasteiger partial charge in [-0.15, -0.1) is 0 Å². The summed E-state index contributed by atoms with van der Waals surface area (Å²) < 4.78 is 2.26. The molecule has 0 amide bonds. The maximum Gasteiger partial charge on any atom is 0.0505 e. The molecule has 1 aromatic heterocycles. The molecule has 126 valence electrons. The summed E-state index contributed by atoms with van der Waals surface area (Å²) in [5, 5.41) is 2.75. The van der Waals surface area contributed by atoms with Gasteiger partial charge in [0.25, 0.3) is 0 Å². The SMILES string of the molecule is CN(C)CCCc1cn(Cc2c(Cl)cccc2Cl)c2ccccc12. The molecule has 4 heteroatoms. The van der Waals surface area contributed by atoms with Crippen LogP contribution in [0.3, 0.4) is 0 Å². The molecule has 2 aromatic carbocycles. The van der Waals surface area contributed by atoms with E-state index in [9.17, 15) is 0 Å². The highest BCUT2D eigenvalue weighted by Gasteiger charge is 2.11. The third-order valence-corrected chi connectivity index (χ3v) is 5.02. The van der Waals surface area contributed by atoms with Crippen molar-refractivity contribution in [2.45, 2.75) is 19.4 Å². The maximum atomic E-state index is 6.35. The quantitative estimate of drug-likeness (QED) is 0.564. The average Bonchev–Trinajstić information content (AvgIpc) is 2.89. The van der Waals surface area contributed by atoms with Crippen molar-refractivity contribution in [3.8, 4) is 0 Å². The van der Waals surface area contributed by atoms with Gasteiger partial charge in [0.05, 0.1) is 6.54 Å². The predicted octanol–water partition coefficient (Wildman–Crippen LogP) is 5.49. The molecule has 3 rings (SSSR count). The molecule has 0 fully saturated rings. The van der Waals surface area contributed by atoms with Gasteiger partial charge in [0.1, 0.15) is 0 Å². The average molecular weight is 361 g/mol. The zero-order valence-corrected chi connectivity index (χ0v) is 15.6. The minimum absolute atomic E-state index is 0.687. The largest absolute Gasteiger partial charge is 0.343 e. The van der Waals surface area contributed by atoms with Crippen molar-refractivity contribution in [3.63, 3.8) is 0 Å². The molecule has 3 aromatic rings. The number of benzene rings is 2. The van der Waals surface area contributed by atoms with E-state index in [4.69, 9.17) is 23.2 Å². The van der Waals surface area contributed by atoms with Crippen LogP contribution in [0.1, 0.15) is 17.5 Å². The van der Waals surface area contributed by atoms with Crippen molar-refractivity contribution >= 4 is 34.1 Å². The molecule has 0 unspecified atom stereocenters. The molecule has 0 N–H and O–H groups in total. The highest BCUT2D eigenvalue weighted by Crippen LogP contribution is 2.28. The Morgan fingerprint density at radius 2 is 1.67 bits per heavy atom. The van der Waals surface area contributed by atoms with Gasteiger partial charge in [0.15, 0.2) is 0 Å². The van der Waals surface area contributed by atoms with Crippen molar-refractivity contribution < 1.29 is 0 Å². The molecule has 0 saturated carbocycles. The van der Waals surface area contributed by atoms with Crippen molar-refractivity contribution in [3.05, 3.63) is 69.8 Å². The second-order valence-electron chi connectivity index (χ2n) is 6.41. The third-order valence-electron chi connectivity index (χ3n) is 4.31. The standard InChI is InChI=1S/C20H22Cl2N2/c1-23(2)12-6-7-15-13-24(20-11-4-3-8-16(15)20)14-17-18(21)9-5-10-19(17)22/h3-5,8-11,13H,6-7,12,14H2,1-2H3. The number of rotatable bonds is 6. The number of hydrogen-bond donors (Lipinski definition) is 0. The van der Waals surface area contributed by atoms with Crippen LogP contribution in [0.4, 0.5) is 0 Å². The van der Waals surface area contributed by atoms with Gasteiger partial charge in [-0.25, -0.2) is 0 Å². The van der Waals surface area contributed by atoms with Crippen LogP contribution >= 0.6 is 23.2 Å².